The van der Waals surface area contributed by atoms with E-state index < -0.39 is 0 Å². The number of nitrogens with zero attached hydrogens (tertiary/aromatic N) is 6. The second-order valence-corrected chi connectivity index (χ2v) is 11.8. The van der Waals surface area contributed by atoms with Crippen molar-refractivity contribution >= 4 is 17.8 Å². The smallest absolute Gasteiger partial charge is 0.231 e. The molecule has 7 rings (SSSR count). The van der Waals surface area contributed by atoms with Gasteiger partial charge in [0, 0.05) is 39.3 Å². The van der Waals surface area contributed by atoms with E-state index in [1.807, 2.05) is 0 Å². The molecule has 6 atom stereocenters. The van der Waals surface area contributed by atoms with Crippen LogP contribution >= 0.6 is 0 Å². The highest BCUT2D eigenvalue weighted by atomic mass is 15.4. The third-order valence-corrected chi connectivity index (χ3v) is 8.92. The van der Waals surface area contributed by atoms with E-state index in [1.54, 1.807) is 0 Å². The topological polar surface area (TPSA) is 84.5 Å². The monoisotopic (exact) mass is 453 g/mol. The Balaban J connectivity index is 1.21. The number of rotatable bonds is 3. The molecule has 0 aliphatic carbocycles. The van der Waals surface area contributed by atoms with Crippen LogP contribution in [0.25, 0.3) is 0 Å². The lowest BCUT2D eigenvalue weighted by atomic mass is 9.86. The van der Waals surface area contributed by atoms with Crippen molar-refractivity contribution in [1.82, 2.24) is 30.9 Å². The fourth-order valence-electron chi connectivity index (χ4n) is 7.57. The summed E-state index contributed by atoms with van der Waals surface area (Å²) in [6.07, 6.45) is 4.04. The molecule has 0 spiro atoms. The van der Waals surface area contributed by atoms with Crippen LogP contribution in [0.15, 0.2) is 0 Å². The quantitative estimate of drug-likeness (QED) is 0.586. The fraction of sp³-hybridized carbons (Fsp3) is 0.875. The van der Waals surface area contributed by atoms with E-state index in [0.717, 1.165) is 96.4 Å². The minimum absolute atomic E-state index is 0.710. The van der Waals surface area contributed by atoms with Crippen LogP contribution in [-0.4, -0.2) is 93.5 Å². The standard InChI is InChI=1S/C24H39N9/c1-16-4-25-5-17(1)11-31(10-16)22-28-23(32-12-18-2-19(13-32)7-26-6-18)30-24(29-22)33-14-20-3-21(15-33)9-27-8-20/h16-21,25-27H,1-15H2. The molecular formula is C24H39N9. The Kier molecular flexibility index (Phi) is 5.32. The zero-order valence-electron chi connectivity index (χ0n) is 19.8. The number of aromatic nitrogens is 3. The first kappa shape index (κ1) is 20.6. The number of fused-ring (bicyclic) bond motifs is 6. The van der Waals surface area contributed by atoms with Gasteiger partial charge in [-0.05, 0) is 94.0 Å². The van der Waals surface area contributed by atoms with Crippen LogP contribution in [0.1, 0.15) is 19.3 Å². The van der Waals surface area contributed by atoms with Gasteiger partial charge in [-0.2, -0.15) is 15.0 Å². The molecule has 6 saturated heterocycles. The first-order chi connectivity index (χ1) is 16.2. The molecule has 6 aliphatic rings. The lowest BCUT2D eigenvalue weighted by Crippen LogP contribution is -2.53. The minimum Gasteiger partial charge on any atom is -0.340 e. The van der Waals surface area contributed by atoms with Crippen LogP contribution in [-0.2, 0) is 0 Å². The van der Waals surface area contributed by atoms with Gasteiger partial charge in [-0.3, -0.25) is 0 Å². The Morgan fingerprint density at radius 2 is 0.667 bits per heavy atom. The lowest BCUT2D eigenvalue weighted by Gasteiger charge is -2.44. The highest BCUT2D eigenvalue weighted by Gasteiger charge is 2.36. The molecule has 9 heteroatoms. The maximum atomic E-state index is 5.15. The van der Waals surface area contributed by atoms with Gasteiger partial charge in [0.15, 0.2) is 0 Å². The van der Waals surface area contributed by atoms with Crippen LogP contribution in [0, 0.1) is 35.5 Å². The minimum atomic E-state index is 0.710. The predicted molar refractivity (Wildman–Crippen MR) is 130 cm³/mol. The van der Waals surface area contributed by atoms with Gasteiger partial charge in [0.2, 0.25) is 17.8 Å². The van der Waals surface area contributed by atoms with Crippen molar-refractivity contribution < 1.29 is 0 Å². The van der Waals surface area contributed by atoms with Gasteiger partial charge in [0.25, 0.3) is 0 Å². The molecule has 9 nitrogen and oxygen atoms in total. The third-order valence-electron chi connectivity index (χ3n) is 8.92. The summed E-state index contributed by atoms with van der Waals surface area (Å²) >= 11 is 0. The summed E-state index contributed by atoms with van der Waals surface area (Å²) in [6, 6.07) is 0. The van der Waals surface area contributed by atoms with E-state index in [2.05, 4.69) is 30.7 Å². The molecule has 3 N–H and O–H groups in total. The highest BCUT2D eigenvalue weighted by molar-refractivity contribution is 5.48. The molecule has 180 valence electrons. The summed E-state index contributed by atoms with van der Waals surface area (Å²) in [5, 5.41) is 10.9. The maximum Gasteiger partial charge on any atom is 0.231 e. The molecule has 6 aliphatic heterocycles. The summed E-state index contributed by atoms with van der Waals surface area (Å²) in [7, 11) is 0. The van der Waals surface area contributed by atoms with Crippen molar-refractivity contribution in [3.8, 4) is 0 Å². The van der Waals surface area contributed by atoms with E-state index >= 15 is 0 Å². The summed E-state index contributed by atoms with van der Waals surface area (Å²) in [5.74, 6) is 7.04. The van der Waals surface area contributed by atoms with Crippen molar-refractivity contribution in [3.63, 3.8) is 0 Å². The zero-order chi connectivity index (χ0) is 21.8. The molecule has 6 unspecified atom stereocenters. The normalized spacial score (nSPS) is 38.4. The SMILES string of the molecule is C1NCC2CC1CN(c1nc(N3CC4CNCC(C4)C3)nc(N3CC4CNCC(C4)C3)n1)C2. The number of piperidine rings is 6. The van der Waals surface area contributed by atoms with Gasteiger partial charge in [-0.15, -0.1) is 0 Å². The van der Waals surface area contributed by atoms with Gasteiger partial charge in [0.1, 0.15) is 0 Å². The van der Waals surface area contributed by atoms with Gasteiger partial charge in [-0.1, -0.05) is 0 Å². The largest absolute Gasteiger partial charge is 0.340 e. The second-order valence-electron chi connectivity index (χ2n) is 11.8. The Labute approximate surface area is 197 Å². The van der Waals surface area contributed by atoms with Crippen molar-refractivity contribution in [2.75, 3.05) is 93.2 Å². The zero-order valence-corrected chi connectivity index (χ0v) is 19.8. The van der Waals surface area contributed by atoms with Gasteiger partial charge < -0.3 is 30.7 Å². The Morgan fingerprint density at radius 3 is 0.909 bits per heavy atom. The van der Waals surface area contributed by atoms with Crippen molar-refractivity contribution in [1.29, 1.82) is 0 Å². The molecular weight excluding hydrogens is 414 g/mol. The summed E-state index contributed by atoms with van der Waals surface area (Å²) in [6.45, 7) is 13.2. The molecule has 7 heterocycles. The number of hydrogen-bond donors (Lipinski definition) is 3. The first-order valence-corrected chi connectivity index (χ1v) is 13.4. The van der Waals surface area contributed by atoms with Gasteiger partial charge in [0.05, 0.1) is 0 Å². The van der Waals surface area contributed by atoms with E-state index in [-0.39, 0.29) is 0 Å². The van der Waals surface area contributed by atoms with Crippen molar-refractivity contribution in [2.24, 2.45) is 35.5 Å². The van der Waals surface area contributed by atoms with Crippen LogP contribution in [0.4, 0.5) is 17.8 Å². The molecule has 6 fully saturated rings. The maximum absolute atomic E-state index is 5.15. The molecule has 33 heavy (non-hydrogen) atoms. The third kappa shape index (κ3) is 4.17. The van der Waals surface area contributed by atoms with Crippen LogP contribution in [0.5, 0.6) is 0 Å². The second kappa shape index (κ2) is 8.50. The number of anilines is 3. The average molecular weight is 454 g/mol. The lowest BCUT2D eigenvalue weighted by molar-refractivity contribution is 0.243. The van der Waals surface area contributed by atoms with E-state index in [9.17, 15) is 0 Å². The van der Waals surface area contributed by atoms with Gasteiger partial charge >= 0.3 is 0 Å². The molecule has 0 amide bonds. The molecule has 1 aromatic heterocycles. The summed E-state index contributed by atoms with van der Waals surface area (Å²) in [5.41, 5.74) is 0. The van der Waals surface area contributed by atoms with Crippen molar-refractivity contribution in [3.05, 3.63) is 0 Å². The predicted octanol–water partition coefficient (Wildman–Crippen LogP) is 0.00870. The molecule has 0 saturated carbocycles. The summed E-state index contributed by atoms with van der Waals surface area (Å²) in [4.78, 5) is 22.9. The number of hydrogen-bond acceptors (Lipinski definition) is 9. The Hall–Kier alpha value is -1.71. The van der Waals surface area contributed by atoms with Crippen LogP contribution in [0.2, 0.25) is 0 Å². The van der Waals surface area contributed by atoms with Crippen LogP contribution < -0.4 is 30.7 Å². The fourth-order valence-corrected chi connectivity index (χ4v) is 7.57. The average Bonchev–Trinajstić information content (AvgIpc) is 2.83. The van der Waals surface area contributed by atoms with E-state index in [0.29, 0.717) is 35.5 Å². The highest BCUT2D eigenvalue weighted by Crippen LogP contribution is 2.33. The Morgan fingerprint density at radius 1 is 0.424 bits per heavy atom. The number of nitrogens with one attached hydrogen (secondary N) is 3. The van der Waals surface area contributed by atoms with Crippen molar-refractivity contribution in [2.45, 2.75) is 19.3 Å². The van der Waals surface area contributed by atoms with E-state index in [1.165, 1.54) is 19.3 Å². The van der Waals surface area contributed by atoms with Gasteiger partial charge in [-0.25, -0.2) is 0 Å². The summed E-state index contributed by atoms with van der Waals surface area (Å²) < 4.78 is 0. The molecule has 6 bridgehead atoms. The molecule has 0 radical (unpaired) electrons. The van der Waals surface area contributed by atoms with E-state index in [4.69, 9.17) is 15.0 Å². The molecule has 0 aromatic carbocycles. The Bertz CT molecular complexity index is 707. The van der Waals surface area contributed by atoms with Crippen LogP contribution in [0.3, 0.4) is 0 Å². The first-order valence-electron chi connectivity index (χ1n) is 13.4. The molecule has 1 aromatic rings.